The SMILES string of the molecule is CN(C)c1c(F)cc(-c2cc(F)c(F)cc2S(=O)(=O)Nc2ccccc2)cc1F. The van der Waals surface area contributed by atoms with E-state index in [1.165, 1.54) is 31.1 Å². The van der Waals surface area contributed by atoms with Crippen molar-refractivity contribution in [3.05, 3.63) is 77.9 Å². The third-order valence-corrected chi connectivity index (χ3v) is 5.53. The molecule has 0 amide bonds. The van der Waals surface area contributed by atoms with Gasteiger partial charge in [-0.1, -0.05) is 18.2 Å². The van der Waals surface area contributed by atoms with Crippen molar-refractivity contribution in [3.8, 4) is 11.1 Å². The van der Waals surface area contributed by atoms with Crippen LogP contribution in [0.1, 0.15) is 0 Å². The lowest BCUT2D eigenvalue weighted by atomic mass is 10.0. The number of benzene rings is 3. The number of para-hydroxylation sites is 1. The molecule has 152 valence electrons. The molecule has 3 aromatic rings. The van der Waals surface area contributed by atoms with Crippen LogP contribution in [-0.2, 0) is 10.0 Å². The summed E-state index contributed by atoms with van der Waals surface area (Å²) in [7, 11) is -1.54. The van der Waals surface area contributed by atoms with E-state index >= 15 is 0 Å². The first kappa shape index (κ1) is 20.7. The summed E-state index contributed by atoms with van der Waals surface area (Å²) >= 11 is 0. The van der Waals surface area contributed by atoms with E-state index in [2.05, 4.69) is 4.72 Å². The molecule has 3 aromatic carbocycles. The minimum absolute atomic E-state index is 0.184. The van der Waals surface area contributed by atoms with E-state index in [9.17, 15) is 26.0 Å². The Kier molecular flexibility index (Phi) is 5.52. The number of nitrogens with one attached hydrogen (secondary N) is 1. The van der Waals surface area contributed by atoms with Gasteiger partial charge in [0.2, 0.25) is 0 Å². The van der Waals surface area contributed by atoms with Crippen molar-refractivity contribution in [1.29, 1.82) is 0 Å². The lowest BCUT2D eigenvalue weighted by Crippen LogP contribution is -2.15. The highest BCUT2D eigenvalue weighted by Crippen LogP contribution is 2.34. The van der Waals surface area contributed by atoms with Gasteiger partial charge in [0.05, 0.1) is 4.90 Å². The van der Waals surface area contributed by atoms with E-state index in [4.69, 9.17) is 0 Å². The van der Waals surface area contributed by atoms with E-state index < -0.39 is 38.2 Å². The van der Waals surface area contributed by atoms with Crippen LogP contribution in [0, 0.1) is 23.3 Å². The van der Waals surface area contributed by atoms with Gasteiger partial charge in [-0.15, -0.1) is 0 Å². The number of halogens is 4. The van der Waals surface area contributed by atoms with Crippen LogP contribution in [0.25, 0.3) is 11.1 Å². The molecule has 0 heterocycles. The molecule has 0 aliphatic heterocycles. The first-order valence-corrected chi connectivity index (χ1v) is 9.82. The van der Waals surface area contributed by atoms with Crippen LogP contribution in [0.3, 0.4) is 0 Å². The molecular formula is C20H16F4N2O2S. The van der Waals surface area contributed by atoms with E-state index in [0.29, 0.717) is 12.1 Å². The monoisotopic (exact) mass is 424 g/mol. The van der Waals surface area contributed by atoms with Crippen LogP contribution in [-0.4, -0.2) is 22.5 Å². The minimum Gasteiger partial charge on any atom is -0.373 e. The lowest BCUT2D eigenvalue weighted by molar-refractivity contribution is 0.505. The fraction of sp³-hybridized carbons (Fsp3) is 0.100. The molecule has 29 heavy (non-hydrogen) atoms. The van der Waals surface area contributed by atoms with Gasteiger partial charge in [0, 0.05) is 25.3 Å². The first-order chi connectivity index (χ1) is 13.6. The average molecular weight is 424 g/mol. The van der Waals surface area contributed by atoms with E-state index in [-0.39, 0.29) is 22.5 Å². The molecule has 0 spiro atoms. The summed E-state index contributed by atoms with van der Waals surface area (Å²) in [6.07, 6.45) is 0. The number of hydrogen-bond acceptors (Lipinski definition) is 3. The summed E-state index contributed by atoms with van der Waals surface area (Å²) in [5.74, 6) is -4.72. The van der Waals surface area contributed by atoms with Gasteiger partial charge in [0.15, 0.2) is 11.6 Å². The topological polar surface area (TPSA) is 49.4 Å². The Morgan fingerprint density at radius 2 is 1.34 bits per heavy atom. The molecule has 0 bridgehead atoms. The number of rotatable bonds is 5. The van der Waals surface area contributed by atoms with E-state index in [1.807, 2.05) is 0 Å². The zero-order valence-electron chi connectivity index (χ0n) is 15.4. The highest BCUT2D eigenvalue weighted by Gasteiger charge is 2.24. The van der Waals surface area contributed by atoms with Gasteiger partial charge < -0.3 is 4.90 Å². The van der Waals surface area contributed by atoms with Gasteiger partial charge >= 0.3 is 0 Å². The molecular weight excluding hydrogens is 408 g/mol. The summed E-state index contributed by atoms with van der Waals surface area (Å²) in [5, 5.41) is 0. The summed E-state index contributed by atoms with van der Waals surface area (Å²) in [6.45, 7) is 0. The van der Waals surface area contributed by atoms with Crippen molar-refractivity contribution >= 4 is 21.4 Å². The fourth-order valence-corrected chi connectivity index (χ4v) is 4.12. The van der Waals surface area contributed by atoms with Crippen molar-refractivity contribution in [2.45, 2.75) is 4.90 Å². The van der Waals surface area contributed by atoms with E-state index in [0.717, 1.165) is 12.1 Å². The molecule has 9 heteroatoms. The van der Waals surface area contributed by atoms with Crippen LogP contribution in [0.15, 0.2) is 59.5 Å². The highest BCUT2D eigenvalue weighted by molar-refractivity contribution is 7.92. The van der Waals surface area contributed by atoms with Gasteiger partial charge in [-0.3, -0.25) is 4.72 Å². The highest BCUT2D eigenvalue weighted by atomic mass is 32.2. The van der Waals surface area contributed by atoms with Crippen LogP contribution in [0.2, 0.25) is 0 Å². The maximum absolute atomic E-state index is 14.4. The van der Waals surface area contributed by atoms with Crippen LogP contribution in [0.5, 0.6) is 0 Å². The molecule has 0 unspecified atom stereocenters. The predicted octanol–water partition coefficient (Wildman–Crippen LogP) is 4.78. The standard InChI is InChI=1S/C20H16F4N2O2S/c1-26(2)20-17(23)8-12(9-18(20)24)14-10-15(21)16(22)11-19(14)29(27,28)25-13-6-4-3-5-7-13/h3-11,25H,1-2H3. The van der Waals surface area contributed by atoms with Crippen LogP contribution in [0.4, 0.5) is 28.9 Å². The first-order valence-electron chi connectivity index (χ1n) is 8.34. The second kappa shape index (κ2) is 7.75. The number of hydrogen-bond donors (Lipinski definition) is 1. The van der Waals surface area contributed by atoms with Gasteiger partial charge in [-0.2, -0.15) is 0 Å². The minimum atomic E-state index is -4.40. The Labute approximate surface area is 165 Å². The molecule has 3 rings (SSSR count). The van der Waals surface area contributed by atoms with Crippen LogP contribution >= 0.6 is 0 Å². The predicted molar refractivity (Wildman–Crippen MR) is 103 cm³/mol. The van der Waals surface area contributed by atoms with Gasteiger partial charge in [0.25, 0.3) is 10.0 Å². The maximum atomic E-state index is 14.4. The van der Waals surface area contributed by atoms with Crippen molar-refractivity contribution in [2.75, 3.05) is 23.7 Å². The Hall–Kier alpha value is -3.07. The second-order valence-electron chi connectivity index (χ2n) is 6.42. The molecule has 0 saturated heterocycles. The lowest BCUT2D eigenvalue weighted by Gasteiger charge is -2.17. The molecule has 0 radical (unpaired) electrons. The zero-order chi connectivity index (χ0) is 21.3. The molecule has 0 aliphatic carbocycles. The Balaban J connectivity index is 2.20. The largest absolute Gasteiger partial charge is 0.373 e. The Morgan fingerprint density at radius 1 is 0.793 bits per heavy atom. The second-order valence-corrected chi connectivity index (χ2v) is 8.07. The molecule has 0 saturated carbocycles. The molecule has 0 fully saturated rings. The Bertz CT molecular complexity index is 1140. The van der Waals surface area contributed by atoms with Crippen molar-refractivity contribution in [2.24, 2.45) is 0 Å². The number of nitrogens with zero attached hydrogens (tertiary/aromatic N) is 1. The molecule has 0 atom stereocenters. The van der Waals surface area contributed by atoms with Gasteiger partial charge in [-0.05, 0) is 42.0 Å². The zero-order valence-corrected chi connectivity index (χ0v) is 16.2. The fourth-order valence-electron chi connectivity index (χ4n) is 2.84. The summed E-state index contributed by atoms with van der Waals surface area (Å²) < 4.78 is 84.4. The Morgan fingerprint density at radius 3 is 1.90 bits per heavy atom. The quantitative estimate of drug-likeness (QED) is 0.600. The number of anilines is 2. The van der Waals surface area contributed by atoms with Crippen molar-refractivity contribution < 1.29 is 26.0 Å². The van der Waals surface area contributed by atoms with E-state index in [1.54, 1.807) is 18.2 Å². The average Bonchev–Trinajstić information content (AvgIpc) is 2.63. The van der Waals surface area contributed by atoms with Crippen LogP contribution < -0.4 is 9.62 Å². The third kappa shape index (κ3) is 4.19. The molecule has 0 aromatic heterocycles. The van der Waals surface area contributed by atoms with Gasteiger partial charge in [-0.25, -0.2) is 26.0 Å². The molecule has 4 nitrogen and oxygen atoms in total. The number of sulfonamides is 1. The summed E-state index contributed by atoms with van der Waals surface area (Å²) in [6, 6.07) is 10.6. The summed E-state index contributed by atoms with van der Waals surface area (Å²) in [5.41, 5.74) is -0.792. The third-order valence-electron chi connectivity index (χ3n) is 4.11. The molecule has 0 aliphatic rings. The van der Waals surface area contributed by atoms with Gasteiger partial charge in [0.1, 0.15) is 17.3 Å². The summed E-state index contributed by atoms with van der Waals surface area (Å²) in [4.78, 5) is 0.547. The molecule has 1 N–H and O–H groups in total. The normalized spacial score (nSPS) is 11.4. The maximum Gasteiger partial charge on any atom is 0.262 e. The smallest absolute Gasteiger partial charge is 0.262 e. The van der Waals surface area contributed by atoms with Crippen molar-refractivity contribution in [3.63, 3.8) is 0 Å². The van der Waals surface area contributed by atoms with Crippen molar-refractivity contribution in [1.82, 2.24) is 0 Å².